The van der Waals surface area contributed by atoms with E-state index in [0.717, 1.165) is 51.6 Å². The van der Waals surface area contributed by atoms with E-state index < -0.39 is 12.2 Å². The lowest BCUT2D eigenvalue weighted by molar-refractivity contribution is -0.136. The third-order valence-corrected chi connectivity index (χ3v) is 7.12. The number of unbranched alkanes of at least 4 members (excludes halogenated alkanes) is 3. The van der Waals surface area contributed by atoms with Crippen molar-refractivity contribution in [3.8, 4) is 0 Å². The van der Waals surface area contributed by atoms with E-state index in [4.69, 9.17) is 0 Å². The maximum Gasteiger partial charge on any atom is 0.223 e. The van der Waals surface area contributed by atoms with Crippen molar-refractivity contribution in [2.75, 3.05) is 26.2 Å². The van der Waals surface area contributed by atoms with E-state index >= 15 is 0 Å². The van der Waals surface area contributed by atoms with E-state index in [-0.39, 0.29) is 24.0 Å². The highest BCUT2D eigenvalue weighted by Gasteiger charge is 2.39. The molecule has 2 rings (SSSR count). The number of hydrogen-bond acceptors (Lipinski definition) is 5. The second kappa shape index (κ2) is 12.5. The van der Waals surface area contributed by atoms with Gasteiger partial charge in [0.1, 0.15) is 0 Å². The second-order valence-electron chi connectivity index (χ2n) is 11.2. The fraction of sp³-hybridized carbons (Fsp3) is 0.960. The smallest absolute Gasteiger partial charge is 0.223 e. The zero-order valence-corrected chi connectivity index (χ0v) is 20.4. The van der Waals surface area contributed by atoms with Gasteiger partial charge < -0.3 is 20.2 Å². The molecule has 0 bridgehead atoms. The zero-order valence-electron chi connectivity index (χ0n) is 20.4. The molecule has 1 saturated heterocycles. The molecule has 0 aromatic rings. The Hall–Kier alpha value is -0.690. The Morgan fingerprint density at radius 1 is 1.00 bits per heavy atom. The molecule has 0 radical (unpaired) electrons. The fourth-order valence-corrected chi connectivity index (χ4v) is 5.28. The van der Waals surface area contributed by atoms with Crippen molar-refractivity contribution in [1.29, 1.82) is 0 Å². The summed E-state index contributed by atoms with van der Waals surface area (Å²) in [5.41, 5.74) is 0.0248. The van der Waals surface area contributed by atoms with Crippen LogP contribution in [0.3, 0.4) is 0 Å². The van der Waals surface area contributed by atoms with Crippen LogP contribution in [0.4, 0.5) is 0 Å². The number of likely N-dealkylation sites (tertiary alicyclic amines) is 1. The number of aliphatic hydroxyl groups excluding tert-OH is 3. The van der Waals surface area contributed by atoms with Crippen molar-refractivity contribution < 1.29 is 20.1 Å². The van der Waals surface area contributed by atoms with Crippen LogP contribution in [-0.4, -0.2) is 81.6 Å². The molecule has 6 heteroatoms. The van der Waals surface area contributed by atoms with Crippen LogP contribution < -0.4 is 0 Å². The number of carbonyl (C=O) groups excluding carboxylic acids is 1. The van der Waals surface area contributed by atoms with Crippen LogP contribution in [0.2, 0.25) is 0 Å². The van der Waals surface area contributed by atoms with Crippen molar-refractivity contribution >= 4 is 5.91 Å². The summed E-state index contributed by atoms with van der Waals surface area (Å²) in [6.45, 7) is 10.6. The fourth-order valence-electron chi connectivity index (χ4n) is 5.28. The molecule has 3 N–H and O–H groups in total. The van der Waals surface area contributed by atoms with Gasteiger partial charge in [-0.15, -0.1) is 0 Å². The van der Waals surface area contributed by atoms with Crippen LogP contribution in [-0.2, 0) is 4.79 Å². The lowest BCUT2D eigenvalue weighted by atomic mass is 9.88. The molecule has 1 saturated carbocycles. The average Bonchev–Trinajstić information content (AvgIpc) is 2.71. The largest absolute Gasteiger partial charge is 0.395 e. The van der Waals surface area contributed by atoms with Crippen LogP contribution in [0.15, 0.2) is 0 Å². The van der Waals surface area contributed by atoms with Crippen LogP contribution >= 0.6 is 0 Å². The van der Waals surface area contributed by atoms with Gasteiger partial charge in [0.05, 0.1) is 24.9 Å². The summed E-state index contributed by atoms with van der Waals surface area (Å²) < 4.78 is 0. The highest BCUT2D eigenvalue weighted by molar-refractivity contribution is 5.77. The normalized spacial score (nSPS) is 28.6. The molecular formula is C25H48N2O4. The van der Waals surface area contributed by atoms with Crippen molar-refractivity contribution in [3.63, 3.8) is 0 Å². The third kappa shape index (κ3) is 8.30. The standard InChI is InChI=1S/C25H48N2O4/c1-19-17-26(21(18-28)24(31)23(19)30)14-10-5-6-11-15-27(20-12-8-7-9-13-20)22(29)16-25(2,3)4/h19-21,23-24,28,30-31H,5-18H2,1-4H3. The molecule has 4 unspecified atom stereocenters. The number of amides is 1. The average molecular weight is 441 g/mol. The summed E-state index contributed by atoms with van der Waals surface area (Å²) in [5, 5.41) is 30.0. The molecule has 0 aromatic heterocycles. The lowest BCUT2D eigenvalue weighted by Crippen LogP contribution is -2.59. The second-order valence-corrected chi connectivity index (χ2v) is 11.2. The first-order valence-corrected chi connectivity index (χ1v) is 12.6. The highest BCUT2D eigenvalue weighted by atomic mass is 16.3. The van der Waals surface area contributed by atoms with E-state index in [0.29, 0.717) is 24.9 Å². The van der Waals surface area contributed by atoms with Gasteiger partial charge in [-0.1, -0.05) is 59.8 Å². The van der Waals surface area contributed by atoms with Crippen LogP contribution in [0.1, 0.15) is 91.9 Å². The summed E-state index contributed by atoms with van der Waals surface area (Å²) in [6, 6.07) is 0.0553. The first-order valence-electron chi connectivity index (χ1n) is 12.6. The quantitative estimate of drug-likeness (QED) is 0.455. The van der Waals surface area contributed by atoms with Crippen molar-refractivity contribution in [1.82, 2.24) is 9.80 Å². The summed E-state index contributed by atoms with van der Waals surface area (Å²) in [7, 11) is 0. The maximum absolute atomic E-state index is 13.0. The number of hydrogen-bond donors (Lipinski definition) is 3. The van der Waals surface area contributed by atoms with Gasteiger partial charge in [0.2, 0.25) is 5.91 Å². The lowest BCUT2D eigenvalue weighted by Gasteiger charge is -2.44. The molecule has 1 aliphatic carbocycles. The molecule has 4 atom stereocenters. The topological polar surface area (TPSA) is 84.2 Å². The Kier molecular flexibility index (Phi) is 10.7. The molecular weight excluding hydrogens is 392 g/mol. The first kappa shape index (κ1) is 26.6. The van der Waals surface area contributed by atoms with E-state index in [9.17, 15) is 20.1 Å². The SMILES string of the molecule is CC1CN(CCCCCCN(C(=O)CC(C)(C)C)C2CCCCC2)C(CO)C(O)C1O. The van der Waals surface area contributed by atoms with Gasteiger partial charge in [-0.2, -0.15) is 0 Å². The van der Waals surface area contributed by atoms with Gasteiger partial charge in [-0.05, 0) is 43.6 Å². The van der Waals surface area contributed by atoms with E-state index in [1.807, 2.05) is 6.92 Å². The predicted molar refractivity (Wildman–Crippen MR) is 125 cm³/mol. The maximum atomic E-state index is 13.0. The molecule has 31 heavy (non-hydrogen) atoms. The Balaban J connectivity index is 1.76. The van der Waals surface area contributed by atoms with E-state index in [1.54, 1.807) is 0 Å². The molecule has 6 nitrogen and oxygen atoms in total. The number of rotatable bonds is 10. The van der Waals surface area contributed by atoms with Gasteiger partial charge in [0, 0.05) is 25.6 Å². The molecule has 1 heterocycles. The number of aliphatic hydroxyl groups is 3. The monoisotopic (exact) mass is 440 g/mol. The van der Waals surface area contributed by atoms with E-state index in [1.165, 1.54) is 19.3 Å². The molecule has 182 valence electrons. The van der Waals surface area contributed by atoms with Crippen LogP contribution in [0, 0.1) is 11.3 Å². The molecule has 1 amide bonds. The van der Waals surface area contributed by atoms with Gasteiger partial charge in [0.25, 0.3) is 0 Å². The first-order chi connectivity index (χ1) is 14.6. The van der Waals surface area contributed by atoms with Gasteiger partial charge in [-0.25, -0.2) is 0 Å². The summed E-state index contributed by atoms with van der Waals surface area (Å²) in [6.07, 6.45) is 9.27. The summed E-state index contributed by atoms with van der Waals surface area (Å²) in [4.78, 5) is 17.3. The van der Waals surface area contributed by atoms with Crippen molar-refractivity contribution in [2.24, 2.45) is 11.3 Å². The predicted octanol–water partition coefficient (Wildman–Crippen LogP) is 3.18. The third-order valence-electron chi connectivity index (χ3n) is 7.12. The Morgan fingerprint density at radius 2 is 1.65 bits per heavy atom. The van der Waals surface area contributed by atoms with E-state index in [2.05, 4.69) is 30.6 Å². The Bertz CT molecular complexity index is 530. The van der Waals surface area contributed by atoms with Crippen molar-refractivity contribution in [2.45, 2.75) is 116 Å². The van der Waals surface area contributed by atoms with Crippen LogP contribution in [0.5, 0.6) is 0 Å². The summed E-state index contributed by atoms with van der Waals surface area (Å²) in [5.74, 6) is 0.329. The molecule has 2 fully saturated rings. The van der Waals surface area contributed by atoms with Crippen LogP contribution in [0.25, 0.3) is 0 Å². The minimum Gasteiger partial charge on any atom is -0.395 e. The number of nitrogens with zero attached hydrogens (tertiary/aromatic N) is 2. The van der Waals surface area contributed by atoms with Gasteiger partial charge in [-0.3, -0.25) is 9.69 Å². The number of carbonyl (C=O) groups is 1. The minimum atomic E-state index is -0.883. The Labute approximate surface area is 190 Å². The molecule has 0 aromatic carbocycles. The Morgan fingerprint density at radius 3 is 2.26 bits per heavy atom. The number of piperidine rings is 1. The minimum absolute atomic E-state index is 0.00989. The molecule has 2 aliphatic rings. The summed E-state index contributed by atoms with van der Waals surface area (Å²) >= 11 is 0. The van der Waals surface area contributed by atoms with Crippen molar-refractivity contribution in [3.05, 3.63) is 0 Å². The van der Waals surface area contributed by atoms with Gasteiger partial charge in [0.15, 0.2) is 0 Å². The molecule has 0 spiro atoms. The van der Waals surface area contributed by atoms with Gasteiger partial charge >= 0.3 is 0 Å². The highest BCUT2D eigenvalue weighted by Crippen LogP contribution is 2.27. The molecule has 1 aliphatic heterocycles. The zero-order chi connectivity index (χ0) is 23.0.